The van der Waals surface area contributed by atoms with Crippen LogP contribution in [0.15, 0.2) is 60.8 Å². The van der Waals surface area contributed by atoms with Crippen LogP contribution in [0.1, 0.15) is 34.0 Å². The van der Waals surface area contributed by atoms with Crippen LogP contribution in [0.25, 0.3) is 11.1 Å². The molecule has 4 rings (SSSR count). The van der Waals surface area contributed by atoms with Crippen molar-refractivity contribution in [1.29, 1.82) is 0 Å². The molecule has 10 heteroatoms. The molecule has 0 saturated heterocycles. The van der Waals surface area contributed by atoms with Crippen LogP contribution in [0.3, 0.4) is 0 Å². The van der Waals surface area contributed by atoms with E-state index in [4.69, 9.17) is 4.74 Å². The van der Waals surface area contributed by atoms with E-state index in [0.717, 1.165) is 5.56 Å². The molecule has 0 fully saturated rings. The quantitative estimate of drug-likeness (QED) is 0.410. The maximum atomic E-state index is 13.3. The molecule has 0 radical (unpaired) electrons. The monoisotopic (exact) mass is 480 g/mol. The van der Waals surface area contributed by atoms with E-state index in [-0.39, 0.29) is 25.1 Å². The van der Waals surface area contributed by atoms with E-state index >= 15 is 0 Å². The van der Waals surface area contributed by atoms with E-state index in [1.807, 2.05) is 30.3 Å². The summed E-state index contributed by atoms with van der Waals surface area (Å²) in [6, 6.07) is 11.1. The first-order chi connectivity index (χ1) is 15.9. The first-order valence-electron chi connectivity index (χ1n) is 10.2. The van der Waals surface area contributed by atoms with Gasteiger partial charge in [-0.1, -0.05) is 30.3 Å². The van der Waals surface area contributed by atoms with E-state index in [0.29, 0.717) is 23.3 Å². The molecule has 0 aliphatic carbocycles. The molecule has 1 aliphatic rings. The molecular formula is C24H18F6N2O2. The lowest BCUT2D eigenvalue weighted by molar-refractivity contribution is -0.143. The fraction of sp³-hybridized carbons (Fsp3) is 0.250. The Labute approximate surface area is 190 Å². The Morgan fingerprint density at radius 1 is 0.971 bits per heavy atom. The second-order valence-electron chi connectivity index (χ2n) is 7.90. The number of carbonyl (C=O) groups is 1. The van der Waals surface area contributed by atoms with Crippen LogP contribution in [-0.4, -0.2) is 28.4 Å². The van der Waals surface area contributed by atoms with Crippen LogP contribution in [0.5, 0.6) is 5.88 Å². The van der Waals surface area contributed by atoms with E-state index in [1.165, 1.54) is 11.1 Å². The number of benzene rings is 2. The number of hydrogen-bond acceptors (Lipinski definition) is 3. The molecule has 1 amide bonds. The predicted molar refractivity (Wildman–Crippen MR) is 111 cm³/mol. The number of fused-ring (bicyclic) bond motifs is 1. The van der Waals surface area contributed by atoms with Crippen molar-refractivity contribution in [2.75, 3.05) is 6.61 Å². The van der Waals surface area contributed by atoms with Gasteiger partial charge in [-0.05, 0) is 42.3 Å². The van der Waals surface area contributed by atoms with Gasteiger partial charge in [-0.15, -0.1) is 0 Å². The zero-order chi connectivity index (χ0) is 24.7. The number of aromatic nitrogens is 1. The Morgan fingerprint density at radius 3 is 2.18 bits per heavy atom. The summed E-state index contributed by atoms with van der Waals surface area (Å²) in [5, 5.41) is 0. The summed E-state index contributed by atoms with van der Waals surface area (Å²) in [7, 11) is 0. The third-order valence-corrected chi connectivity index (χ3v) is 5.52. The molecular weight excluding hydrogens is 462 g/mol. The molecule has 0 bridgehead atoms. The minimum atomic E-state index is -5.05. The topological polar surface area (TPSA) is 42.4 Å². The smallest absolute Gasteiger partial charge is 0.416 e. The van der Waals surface area contributed by atoms with Crippen molar-refractivity contribution in [2.24, 2.45) is 0 Å². The van der Waals surface area contributed by atoms with Gasteiger partial charge < -0.3 is 9.64 Å². The molecule has 0 saturated carbocycles. The lowest BCUT2D eigenvalue weighted by Gasteiger charge is -2.27. The lowest BCUT2D eigenvalue weighted by Crippen LogP contribution is -2.40. The summed E-state index contributed by atoms with van der Waals surface area (Å²) in [6.07, 6.45) is -8.58. The Hall–Kier alpha value is -3.56. The molecule has 1 atom stereocenters. The number of alkyl halides is 6. The zero-order valence-corrected chi connectivity index (χ0v) is 17.7. The van der Waals surface area contributed by atoms with Crippen LogP contribution in [0, 0.1) is 0 Å². The molecule has 1 aromatic heterocycles. The highest BCUT2D eigenvalue weighted by atomic mass is 19.4. The summed E-state index contributed by atoms with van der Waals surface area (Å²) in [6.45, 7) is 1.46. The summed E-state index contributed by atoms with van der Waals surface area (Å²) >= 11 is 0. The molecule has 2 heterocycles. The van der Waals surface area contributed by atoms with Gasteiger partial charge in [-0.25, -0.2) is 4.98 Å². The number of nitrogens with zero attached hydrogens (tertiary/aromatic N) is 2. The summed E-state index contributed by atoms with van der Waals surface area (Å²) < 4.78 is 85.5. The van der Waals surface area contributed by atoms with Crippen molar-refractivity contribution < 1.29 is 35.9 Å². The average Bonchev–Trinajstić information content (AvgIpc) is 2.96. The first kappa shape index (κ1) is 23.6. The number of pyridine rings is 1. The zero-order valence-electron chi connectivity index (χ0n) is 17.7. The number of ether oxygens (including phenoxy) is 1. The highest BCUT2D eigenvalue weighted by Crippen LogP contribution is 2.38. The van der Waals surface area contributed by atoms with Crippen molar-refractivity contribution in [3.8, 4) is 17.0 Å². The summed E-state index contributed by atoms with van der Waals surface area (Å²) in [5.41, 5.74) is -1.80. The number of rotatable bonds is 2. The van der Waals surface area contributed by atoms with Gasteiger partial charge in [-0.2, -0.15) is 26.3 Å². The fourth-order valence-corrected chi connectivity index (χ4v) is 3.77. The molecule has 178 valence electrons. The maximum Gasteiger partial charge on any atom is 0.416 e. The van der Waals surface area contributed by atoms with Crippen molar-refractivity contribution in [3.63, 3.8) is 0 Å². The molecule has 34 heavy (non-hydrogen) atoms. The second kappa shape index (κ2) is 8.66. The Kier molecular flexibility index (Phi) is 6.01. The third kappa shape index (κ3) is 4.71. The number of carbonyl (C=O) groups excluding carboxylic acids is 1. The van der Waals surface area contributed by atoms with Crippen molar-refractivity contribution >= 4 is 5.91 Å². The minimum Gasteiger partial charge on any atom is -0.475 e. The van der Waals surface area contributed by atoms with Crippen LogP contribution in [0.2, 0.25) is 0 Å². The van der Waals surface area contributed by atoms with Gasteiger partial charge in [-0.3, -0.25) is 4.79 Å². The Morgan fingerprint density at radius 2 is 1.59 bits per heavy atom. The molecule has 4 nitrogen and oxygen atoms in total. The normalized spacial score (nSPS) is 16.4. The van der Waals surface area contributed by atoms with Gasteiger partial charge in [0.05, 0.1) is 23.7 Å². The highest BCUT2D eigenvalue weighted by Gasteiger charge is 2.38. The van der Waals surface area contributed by atoms with Gasteiger partial charge in [0.15, 0.2) is 0 Å². The van der Waals surface area contributed by atoms with E-state index in [2.05, 4.69) is 4.98 Å². The number of halogens is 6. The second-order valence-corrected chi connectivity index (χ2v) is 7.90. The van der Waals surface area contributed by atoms with Crippen molar-refractivity contribution in [3.05, 3.63) is 83.0 Å². The van der Waals surface area contributed by atoms with Crippen LogP contribution in [-0.2, 0) is 18.9 Å². The predicted octanol–water partition coefficient (Wildman–Crippen LogP) is 6.21. The number of amides is 1. The maximum absolute atomic E-state index is 13.3. The summed E-state index contributed by atoms with van der Waals surface area (Å²) in [5.74, 6) is -0.716. The van der Waals surface area contributed by atoms with E-state index in [1.54, 1.807) is 13.0 Å². The Bertz CT molecular complexity index is 1180. The molecule has 0 N–H and O–H groups in total. The van der Waals surface area contributed by atoms with Gasteiger partial charge in [0.1, 0.15) is 6.61 Å². The van der Waals surface area contributed by atoms with Crippen LogP contribution >= 0.6 is 0 Å². The van der Waals surface area contributed by atoms with E-state index in [9.17, 15) is 31.1 Å². The molecule has 3 aromatic rings. The van der Waals surface area contributed by atoms with E-state index < -0.39 is 41.0 Å². The van der Waals surface area contributed by atoms with Crippen LogP contribution < -0.4 is 4.74 Å². The van der Waals surface area contributed by atoms with Crippen molar-refractivity contribution in [1.82, 2.24) is 9.88 Å². The Balaban J connectivity index is 1.78. The third-order valence-electron chi connectivity index (χ3n) is 5.52. The van der Waals surface area contributed by atoms with Gasteiger partial charge in [0.2, 0.25) is 5.88 Å². The molecule has 1 aliphatic heterocycles. The molecule has 2 aromatic carbocycles. The number of hydrogen-bond donors (Lipinski definition) is 0. The van der Waals surface area contributed by atoms with Gasteiger partial charge in [0, 0.05) is 17.3 Å². The standard InChI is InChI=1S/C24H18F6N2O2/c1-14-13-34-21-20(19(7-8-31-21)15-5-3-2-4-6-15)12-32(14)22(33)16-9-17(23(25,26)27)11-18(10-16)24(28,29)30/h2-11,14H,12-13H2,1H3. The molecule has 1 unspecified atom stereocenters. The fourth-order valence-electron chi connectivity index (χ4n) is 3.77. The molecule has 0 spiro atoms. The van der Waals surface area contributed by atoms with Gasteiger partial charge in [0.25, 0.3) is 5.91 Å². The van der Waals surface area contributed by atoms with Crippen molar-refractivity contribution in [2.45, 2.75) is 31.9 Å². The lowest BCUT2D eigenvalue weighted by atomic mass is 10.00. The highest BCUT2D eigenvalue weighted by molar-refractivity contribution is 5.95. The minimum absolute atomic E-state index is 0.00151. The largest absolute Gasteiger partial charge is 0.475 e. The first-order valence-corrected chi connectivity index (χ1v) is 10.2. The summed E-state index contributed by atoms with van der Waals surface area (Å²) in [4.78, 5) is 18.7. The van der Waals surface area contributed by atoms with Gasteiger partial charge >= 0.3 is 12.4 Å². The average molecular weight is 480 g/mol. The SMILES string of the molecule is CC1COc2nccc(-c3ccccc3)c2CN1C(=O)c1cc(C(F)(F)F)cc(C(F)(F)F)c1. The van der Waals surface area contributed by atoms with Crippen LogP contribution in [0.4, 0.5) is 26.3 Å².